The molecule has 0 atom stereocenters. The monoisotopic (exact) mass is 210 g/mol. The molecule has 1 aliphatic heterocycles. The molecule has 1 fully saturated rings. The maximum atomic E-state index is 11.2. The molecular weight excluding hydrogens is 196 g/mol. The molecule has 0 unspecified atom stereocenters. The van der Waals surface area contributed by atoms with Crippen molar-refractivity contribution < 1.29 is 9.59 Å². The van der Waals surface area contributed by atoms with Crippen molar-refractivity contribution in [1.82, 2.24) is 16.1 Å². The van der Waals surface area contributed by atoms with Crippen molar-refractivity contribution in [2.24, 2.45) is 5.84 Å². The van der Waals surface area contributed by atoms with Crippen LogP contribution in [0.5, 0.6) is 0 Å². The molecule has 0 aliphatic carbocycles. The number of hydrogen-bond acceptors (Lipinski definition) is 4. The number of nitrogens with one attached hydrogen (secondary N) is 3. The first kappa shape index (κ1) is 11.3. The van der Waals surface area contributed by atoms with Crippen molar-refractivity contribution in [1.29, 1.82) is 0 Å². The summed E-state index contributed by atoms with van der Waals surface area (Å²) in [5, 5.41) is 5.50. The highest BCUT2D eigenvalue weighted by atomic mass is 16.2. The van der Waals surface area contributed by atoms with Crippen molar-refractivity contribution in [2.45, 2.75) is 18.9 Å². The Kier molecular flexibility index (Phi) is 3.46. The molecule has 0 aromatic rings. The number of nitrogens with two attached hydrogens (primary N) is 1. The lowest BCUT2D eigenvalue weighted by Crippen LogP contribution is -2.48. The van der Waals surface area contributed by atoms with Gasteiger partial charge < -0.3 is 10.6 Å². The standard InChI is InChI=1S/C9H14N4O2/c1-5-3-7(4-6(2)11-5)12-8(14)9(15)13-10/h7,11H,1-4,10H2,(H,12,14)(H,13,15). The average Bonchev–Trinajstić information content (AvgIpc) is 2.14. The molecule has 82 valence electrons. The summed E-state index contributed by atoms with van der Waals surface area (Å²) in [4.78, 5) is 22.0. The Morgan fingerprint density at radius 3 is 2.27 bits per heavy atom. The molecule has 0 saturated carbocycles. The van der Waals surface area contributed by atoms with E-state index < -0.39 is 11.8 Å². The Hall–Kier alpha value is -1.82. The van der Waals surface area contributed by atoms with Gasteiger partial charge in [0.2, 0.25) is 0 Å². The molecule has 6 heteroatoms. The highest BCUT2D eigenvalue weighted by molar-refractivity contribution is 6.34. The number of amides is 2. The van der Waals surface area contributed by atoms with Crippen LogP contribution in [0, 0.1) is 0 Å². The van der Waals surface area contributed by atoms with Gasteiger partial charge in [-0.05, 0) is 0 Å². The number of rotatable bonds is 1. The minimum atomic E-state index is -0.857. The van der Waals surface area contributed by atoms with E-state index in [0.717, 1.165) is 11.4 Å². The van der Waals surface area contributed by atoms with Crippen LogP contribution in [0.1, 0.15) is 12.8 Å². The molecule has 0 bridgehead atoms. The third-order valence-electron chi connectivity index (χ3n) is 2.01. The van der Waals surface area contributed by atoms with Crippen molar-refractivity contribution in [3.8, 4) is 0 Å². The molecule has 5 N–H and O–H groups in total. The van der Waals surface area contributed by atoms with Crippen LogP contribution in [0.2, 0.25) is 0 Å². The lowest BCUT2D eigenvalue weighted by atomic mass is 10.0. The SMILES string of the molecule is C=C1CC(NC(=O)C(=O)NN)CC(=C)N1. The van der Waals surface area contributed by atoms with Crippen LogP contribution in [-0.2, 0) is 9.59 Å². The zero-order valence-electron chi connectivity index (χ0n) is 8.30. The van der Waals surface area contributed by atoms with Gasteiger partial charge in [0.25, 0.3) is 0 Å². The van der Waals surface area contributed by atoms with Crippen molar-refractivity contribution in [3.63, 3.8) is 0 Å². The maximum Gasteiger partial charge on any atom is 0.323 e. The summed E-state index contributed by atoms with van der Waals surface area (Å²) >= 11 is 0. The zero-order chi connectivity index (χ0) is 11.4. The molecule has 0 radical (unpaired) electrons. The van der Waals surface area contributed by atoms with E-state index in [4.69, 9.17) is 5.84 Å². The van der Waals surface area contributed by atoms with Crippen LogP contribution in [0.4, 0.5) is 0 Å². The summed E-state index contributed by atoms with van der Waals surface area (Å²) in [6, 6.07) is -0.156. The van der Waals surface area contributed by atoms with Gasteiger partial charge in [-0.3, -0.25) is 15.0 Å². The van der Waals surface area contributed by atoms with E-state index in [1.807, 2.05) is 0 Å². The van der Waals surface area contributed by atoms with Gasteiger partial charge >= 0.3 is 11.8 Å². The summed E-state index contributed by atoms with van der Waals surface area (Å²) in [5.74, 6) is 3.22. The first-order valence-corrected chi connectivity index (χ1v) is 4.47. The summed E-state index contributed by atoms with van der Waals surface area (Å²) < 4.78 is 0. The second-order valence-electron chi connectivity index (χ2n) is 3.38. The Morgan fingerprint density at radius 1 is 1.27 bits per heavy atom. The summed E-state index contributed by atoms with van der Waals surface area (Å²) in [6.45, 7) is 7.48. The van der Waals surface area contributed by atoms with E-state index in [2.05, 4.69) is 23.8 Å². The molecule has 15 heavy (non-hydrogen) atoms. The Balaban J connectivity index is 2.51. The molecule has 0 aromatic carbocycles. The molecular formula is C9H14N4O2. The van der Waals surface area contributed by atoms with Crippen LogP contribution in [-0.4, -0.2) is 17.9 Å². The number of carbonyl (C=O) groups excluding carboxylic acids is 2. The zero-order valence-corrected chi connectivity index (χ0v) is 8.30. The Morgan fingerprint density at radius 2 is 1.80 bits per heavy atom. The van der Waals surface area contributed by atoms with Crippen LogP contribution < -0.4 is 21.9 Å². The smallest absolute Gasteiger partial charge is 0.323 e. The fourth-order valence-electron chi connectivity index (χ4n) is 1.44. The van der Waals surface area contributed by atoms with E-state index in [1.165, 1.54) is 0 Å². The number of hydrazine groups is 1. The molecule has 6 nitrogen and oxygen atoms in total. The predicted molar refractivity (Wildman–Crippen MR) is 54.9 cm³/mol. The lowest BCUT2D eigenvalue weighted by molar-refractivity contribution is -0.139. The third kappa shape index (κ3) is 3.10. The first-order chi connectivity index (χ1) is 7.02. The number of piperidine rings is 1. The second kappa shape index (κ2) is 4.61. The highest BCUT2D eigenvalue weighted by Crippen LogP contribution is 2.16. The quantitative estimate of drug-likeness (QED) is 0.191. The molecule has 0 aromatic heterocycles. The molecule has 1 heterocycles. The molecule has 0 spiro atoms. The van der Waals surface area contributed by atoms with Gasteiger partial charge in [0, 0.05) is 30.3 Å². The van der Waals surface area contributed by atoms with Gasteiger partial charge in [-0.1, -0.05) is 13.2 Å². The number of carbonyl (C=O) groups is 2. The fourth-order valence-corrected chi connectivity index (χ4v) is 1.44. The van der Waals surface area contributed by atoms with E-state index >= 15 is 0 Å². The van der Waals surface area contributed by atoms with E-state index in [0.29, 0.717) is 12.8 Å². The minimum Gasteiger partial charge on any atom is -0.363 e. The van der Waals surface area contributed by atoms with Gasteiger partial charge in [-0.25, -0.2) is 5.84 Å². The van der Waals surface area contributed by atoms with Gasteiger partial charge in [0.05, 0.1) is 0 Å². The van der Waals surface area contributed by atoms with Crippen LogP contribution in [0.3, 0.4) is 0 Å². The lowest BCUT2D eigenvalue weighted by Gasteiger charge is -2.27. The second-order valence-corrected chi connectivity index (χ2v) is 3.38. The average molecular weight is 210 g/mol. The normalized spacial score (nSPS) is 16.9. The Bertz CT molecular complexity index is 308. The van der Waals surface area contributed by atoms with Gasteiger partial charge in [-0.15, -0.1) is 0 Å². The van der Waals surface area contributed by atoms with Crippen molar-refractivity contribution in [3.05, 3.63) is 24.6 Å². The van der Waals surface area contributed by atoms with Crippen molar-refractivity contribution in [2.75, 3.05) is 0 Å². The summed E-state index contributed by atoms with van der Waals surface area (Å²) in [7, 11) is 0. The molecule has 2 amide bonds. The third-order valence-corrected chi connectivity index (χ3v) is 2.01. The highest BCUT2D eigenvalue weighted by Gasteiger charge is 2.22. The number of hydrogen-bond donors (Lipinski definition) is 4. The van der Waals surface area contributed by atoms with E-state index in [-0.39, 0.29) is 6.04 Å². The van der Waals surface area contributed by atoms with Gasteiger partial charge in [0.1, 0.15) is 0 Å². The Labute approximate surface area is 87.6 Å². The largest absolute Gasteiger partial charge is 0.363 e. The summed E-state index contributed by atoms with van der Waals surface area (Å²) in [6.07, 6.45) is 1.14. The van der Waals surface area contributed by atoms with Gasteiger partial charge in [0.15, 0.2) is 0 Å². The molecule has 1 saturated heterocycles. The van der Waals surface area contributed by atoms with Gasteiger partial charge in [-0.2, -0.15) is 0 Å². The van der Waals surface area contributed by atoms with Crippen LogP contribution >= 0.6 is 0 Å². The summed E-state index contributed by atoms with van der Waals surface area (Å²) in [5.41, 5.74) is 3.30. The van der Waals surface area contributed by atoms with E-state index in [9.17, 15) is 9.59 Å². The molecule has 1 aliphatic rings. The van der Waals surface area contributed by atoms with Crippen molar-refractivity contribution >= 4 is 11.8 Å². The fraction of sp³-hybridized carbons (Fsp3) is 0.333. The minimum absolute atomic E-state index is 0.156. The van der Waals surface area contributed by atoms with Crippen LogP contribution in [0.15, 0.2) is 24.6 Å². The molecule has 1 rings (SSSR count). The van der Waals surface area contributed by atoms with E-state index in [1.54, 1.807) is 5.43 Å². The maximum absolute atomic E-state index is 11.2. The predicted octanol–water partition coefficient (Wildman–Crippen LogP) is -1.13. The topological polar surface area (TPSA) is 96.2 Å². The van der Waals surface area contributed by atoms with Crippen LogP contribution in [0.25, 0.3) is 0 Å². The first-order valence-electron chi connectivity index (χ1n) is 4.47.